The molecule has 4 heteroatoms. The van der Waals surface area contributed by atoms with E-state index in [9.17, 15) is 0 Å². The van der Waals surface area contributed by atoms with Crippen molar-refractivity contribution in [1.29, 1.82) is 0 Å². The van der Waals surface area contributed by atoms with E-state index in [0.717, 1.165) is 50.3 Å². The van der Waals surface area contributed by atoms with E-state index in [1.54, 1.807) is 0 Å². The van der Waals surface area contributed by atoms with Crippen LogP contribution in [-0.2, 0) is 0 Å². The summed E-state index contributed by atoms with van der Waals surface area (Å²) in [6.45, 7) is 0. The molecule has 0 saturated heterocycles. The minimum atomic E-state index is 0.872. The average Bonchev–Trinajstić information content (AvgIpc) is 3.68. The first kappa shape index (κ1) is 25.8. The zero-order valence-corrected chi connectivity index (χ0v) is 25.0. The number of nitrogens with zero attached hydrogens (tertiary/aromatic N) is 2. The van der Waals surface area contributed by atoms with E-state index in [4.69, 9.17) is 9.40 Å². The molecule has 0 fully saturated rings. The Morgan fingerprint density at radius 3 is 1.91 bits per heavy atom. The summed E-state index contributed by atoms with van der Waals surface area (Å²) in [5.41, 5.74) is 9.46. The summed E-state index contributed by atoms with van der Waals surface area (Å²) in [5.74, 6) is 0. The van der Waals surface area contributed by atoms with Crippen LogP contribution in [0.2, 0.25) is 0 Å². The molecule has 3 heterocycles. The zero-order chi connectivity index (χ0) is 29.7. The van der Waals surface area contributed by atoms with Crippen molar-refractivity contribution in [3.05, 3.63) is 158 Å². The van der Waals surface area contributed by atoms with Gasteiger partial charge in [-0.1, -0.05) is 97.1 Å². The Bertz CT molecular complexity index is 2480. The van der Waals surface area contributed by atoms with Gasteiger partial charge in [0, 0.05) is 48.7 Å². The van der Waals surface area contributed by atoms with Crippen LogP contribution in [0.3, 0.4) is 0 Å². The summed E-state index contributed by atoms with van der Waals surface area (Å²) in [6, 6.07) is 53.4. The molecule has 0 aliphatic rings. The standard InChI is InChI=1S/C41H26N2OS/c1-2-9-27(10-3-1)28-17-21-30(22-18-28)43(34-13-8-15-36-39(34)32-11-4-6-14-35(32)44-36)31-23-19-29(20-24-31)41-40-33-12-5-7-16-37(33)45-38(40)25-26-42-41/h1-26H. The van der Waals surface area contributed by atoms with E-state index >= 15 is 0 Å². The largest absolute Gasteiger partial charge is 0.456 e. The molecule has 9 rings (SSSR count). The van der Waals surface area contributed by atoms with Gasteiger partial charge in [0.25, 0.3) is 0 Å². The summed E-state index contributed by atoms with van der Waals surface area (Å²) >= 11 is 1.82. The molecule has 0 aliphatic carbocycles. The third-order valence-electron chi connectivity index (χ3n) is 8.54. The Morgan fingerprint density at radius 2 is 1.11 bits per heavy atom. The Morgan fingerprint density at radius 1 is 0.467 bits per heavy atom. The first-order valence-electron chi connectivity index (χ1n) is 15.0. The van der Waals surface area contributed by atoms with Crippen molar-refractivity contribution in [2.75, 3.05) is 4.90 Å². The molecule has 0 spiro atoms. The van der Waals surface area contributed by atoms with Gasteiger partial charge in [-0.3, -0.25) is 4.98 Å². The highest BCUT2D eigenvalue weighted by molar-refractivity contribution is 7.25. The average molecular weight is 595 g/mol. The van der Waals surface area contributed by atoms with Crippen LogP contribution in [-0.4, -0.2) is 4.98 Å². The first-order valence-corrected chi connectivity index (χ1v) is 15.9. The summed E-state index contributed by atoms with van der Waals surface area (Å²) in [6.07, 6.45) is 1.92. The smallest absolute Gasteiger partial charge is 0.137 e. The highest BCUT2D eigenvalue weighted by Crippen LogP contribution is 2.44. The van der Waals surface area contributed by atoms with Gasteiger partial charge in [0.1, 0.15) is 11.2 Å². The molecule has 0 saturated carbocycles. The van der Waals surface area contributed by atoms with Crippen molar-refractivity contribution >= 4 is 70.5 Å². The second kappa shape index (κ2) is 10.5. The van der Waals surface area contributed by atoms with Crippen molar-refractivity contribution in [1.82, 2.24) is 4.98 Å². The summed E-state index contributed by atoms with van der Waals surface area (Å²) < 4.78 is 8.84. The van der Waals surface area contributed by atoms with Crippen LogP contribution >= 0.6 is 11.3 Å². The lowest BCUT2D eigenvalue weighted by molar-refractivity contribution is 0.669. The van der Waals surface area contributed by atoms with Crippen LogP contribution in [0.25, 0.3) is 64.5 Å². The number of para-hydroxylation sites is 1. The van der Waals surface area contributed by atoms with Gasteiger partial charge in [0.2, 0.25) is 0 Å². The first-order chi connectivity index (χ1) is 22.3. The molecule has 0 aliphatic heterocycles. The van der Waals surface area contributed by atoms with Gasteiger partial charge < -0.3 is 9.32 Å². The van der Waals surface area contributed by atoms with Gasteiger partial charge in [-0.15, -0.1) is 11.3 Å². The minimum Gasteiger partial charge on any atom is -0.456 e. The van der Waals surface area contributed by atoms with Gasteiger partial charge in [-0.05, 0) is 65.7 Å². The van der Waals surface area contributed by atoms with Crippen molar-refractivity contribution in [3.63, 3.8) is 0 Å². The molecule has 3 nitrogen and oxygen atoms in total. The molecule has 9 aromatic rings. The fourth-order valence-corrected chi connectivity index (χ4v) is 7.56. The number of thiophene rings is 1. The van der Waals surface area contributed by atoms with E-state index in [1.165, 1.54) is 31.3 Å². The third-order valence-corrected chi connectivity index (χ3v) is 9.68. The molecular weight excluding hydrogens is 569 g/mol. The van der Waals surface area contributed by atoms with Crippen molar-refractivity contribution < 1.29 is 4.42 Å². The van der Waals surface area contributed by atoms with Gasteiger partial charge >= 0.3 is 0 Å². The van der Waals surface area contributed by atoms with Gasteiger partial charge in [-0.2, -0.15) is 0 Å². The van der Waals surface area contributed by atoms with Crippen molar-refractivity contribution in [2.24, 2.45) is 0 Å². The number of fused-ring (bicyclic) bond motifs is 6. The molecular formula is C41H26N2OS. The molecule has 0 bridgehead atoms. The summed E-state index contributed by atoms with van der Waals surface area (Å²) in [7, 11) is 0. The van der Waals surface area contributed by atoms with E-state index in [0.29, 0.717) is 0 Å². The second-order valence-corrected chi connectivity index (χ2v) is 12.3. The molecule has 212 valence electrons. The molecule has 0 radical (unpaired) electrons. The number of benzene rings is 6. The van der Waals surface area contributed by atoms with Crippen molar-refractivity contribution in [3.8, 4) is 22.4 Å². The van der Waals surface area contributed by atoms with Gasteiger partial charge in [0.15, 0.2) is 0 Å². The molecule has 0 amide bonds. The Balaban J connectivity index is 1.21. The van der Waals surface area contributed by atoms with E-state index in [1.807, 2.05) is 29.7 Å². The van der Waals surface area contributed by atoms with Crippen LogP contribution in [0.1, 0.15) is 0 Å². The van der Waals surface area contributed by atoms with E-state index in [-0.39, 0.29) is 0 Å². The zero-order valence-electron chi connectivity index (χ0n) is 24.2. The van der Waals surface area contributed by atoms with E-state index < -0.39 is 0 Å². The maximum atomic E-state index is 6.30. The number of furan rings is 1. The van der Waals surface area contributed by atoms with Crippen LogP contribution < -0.4 is 4.90 Å². The Kier molecular flexibility index (Phi) is 6.00. The van der Waals surface area contributed by atoms with Crippen LogP contribution in [0, 0.1) is 0 Å². The lowest BCUT2D eigenvalue weighted by Gasteiger charge is -2.26. The predicted octanol–water partition coefficient (Wildman–Crippen LogP) is 12.2. The van der Waals surface area contributed by atoms with Crippen LogP contribution in [0.15, 0.2) is 162 Å². The quantitative estimate of drug-likeness (QED) is 0.198. The molecule has 45 heavy (non-hydrogen) atoms. The maximum absolute atomic E-state index is 6.30. The Labute approximate surface area is 264 Å². The molecule has 0 unspecified atom stereocenters. The number of hydrogen-bond acceptors (Lipinski definition) is 4. The Hall–Kier alpha value is -5.71. The maximum Gasteiger partial charge on any atom is 0.137 e. The molecule has 0 N–H and O–H groups in total. The topological polar surface area (TPSA) is 29.3 Å². The fourth-order valence-electron chi connectivity index (χ4n) is 6.46. The molecule has 0 atom stereocenters. The highest BCUT2D eigenvalue weighted by Gasteiger charge is 2.20. The normalized spacial score (nSPS) is 11.6. The fraction of sp³-hybridized carbons (Fsp3) is 0. The molecule has 3 aromatic heterocycles. The van der Waals surface area contributed by atoms with Crippen LogP contribution in [0.4, 0.5) is 17.1 Å². The number of pyridine rings is 1. The number of aromatic nitrogens is 1. The second-order valence-electron chi connectivity index (χ2n) is 11.2. The summed E-state index contributed by atoms with van der Waals surface area (Å²) in [4.78, 5) is 7.21. The SMILES string of the molecule is c1ccc(-c2ccc(N(c3ccc(-c4nccc5sc6ccccc6c45)cc3)c3cccc4oc5ccccc5c34)cc2)cc1. The monoisotopic (exact) mass is 594 g/mol. The van der Waals surface area contributed by atoms with E-state index in [2.05, 4.69) is 144 Å². The van der Waals surface area contributed by atoms with Crippen LogP contribution in [0.5, 0.6) is 0 Å². The summed E-state index contributed by atoms with van der Waals surface area (Å²) in [5, 5.41) is 4.67. The van der Waals surface area contributed by atoms with Gasteiger partial charge in [0.05, 0.1) is 16.8 Å². The predicted molar refractivity (Wildman–Crippen MR) is 190 cm³/mol. The number of anilines is 3. The number of rotatable bonds is 5. The lowest BCUT2D eigenvalue weighted by Crippen LogP contribution is -2.10. The minimum absolute atomic E-state index is 0.872. The lowest BCUT2D eigenvalue weighted by atomic mass is 10.0. The van der Waals surface area contributed by atoms with Crippen molar-refractivity contribution in [2.45, 2.75) is 0 Å². The number of hydrogen-bond donors (Lipinski definition) is 0. The third kappa shape index (κ3) is 4.30. The highest BCUT2D eigenvalue weighted by atomic mass is 32.1. The molecule has 6 aromatic carbocycles. The van der Waals surface area contributed by atoms with Gasteiger partial charge in [-0.25, -0.2) is 0 Å².